The van der Waals surface area contributed by atoms with Crippen molar-refractivity contribution in [2.45, 2.75) is 167 Å². The smallest absolute Gasteiger partial charge is 0.342 e. The number of carbonyl (C=O) groups is 2. The zero-order valence-electron chi connectivity index (χ0n) is 28.0. The lowest BCUT2D eigenvalue weighted by Crippen LogP contribution is -2.44. The van der Waals surface area contributed by atoms with E-state index in [9.17, 15) is 9.59 Å². The van der Waals surface area contributed by atoms with Gasteiger partial charge in [-0.05, 0) is 25.7 Å². The van der Waals surface area contributed by atoms with Gasteiger partial charge in [0.1, 0.15) is 0 Å². The average molecular weight is 607 g/mol. The Labute approximate surface area is 255 Å². The fraction of sp³-hybridized carbons (Fsp3) is 0.938. The average Bonchev–Trinajstić information content (AvgIpc) is 2.99. The van der Waals surface area contributed by atoms with E-state index in [1.165, 1.54) is 41.3 Å². The molecule has 42 heavy (non-hydrogen) atoms. The monoisotopic (exact) mass is 606 g/mol. The quantitative estimate of drug-likeness (QED) is 0.0276. The minimum atomic E-state index is -1.53. The molecule has 10 nitrogen and oxygen atoms in total. The first-order valence-corrected chi connectivity index (χ1v) is 16.2. The summed E-state index contributed by atoms with van der Waals surface area (Å²) >= 11 is 0. The van der Waals surface area contributed by atoms with Gasteiger partial charge in [-0.2, -0.15) is 0 Å². The first-order valence-electron chi connectivity index (χ1n) is 16.2. The molecule has 0 aromatic heterocycles. The number of esters is 2. The van der Waals surface area contributed by atoms with Crippen molar-refractivity contribution in [2.75, 3.05) is 28.4 Å². The molecule has 2 unspecified atom stereocenters. The van der Waals surface area contributed by atoms with Crippen LogP contribution in [0.3, 0.4) is 0 Å². The van der Waals surface area contributed by atoms with Gasteiger partial charge in [0, 0.05) is 41.3 Å². The lowest BCUT2D eigenvalue weighted by Gasteiger charge is -2.32. The number of ether oxygens (including phenoxy) is 6. The third-order valence-corrected chi connectivity index (χ3v) is 7.32. The molecule has 0 spiro atoms. The maximum Gasteiger partial charge on any atom is 0.342 e. The summed E-state index contributed by atoms with van der Waals surface area (Å²) in [6.45, 7) is 8.21. The molecule has 10 heteroatoms. The highest BCUT2D eigenvalue weighted by Gasteiger charge is 2.40. The molecular formula is C32H62O10. The van der Waals surface area contributed by atoms with Gasteiger partial charge in [-0.3, -0.25) is 0 Å². The van der Waals surface area contributed by atoms with Gasteiger partial charge in [0.2, 0.25) is 0 Å². The standard InChI is InChI=1S/C32H62O10/c1-9-13-15-17-19-21-23-27(29(33)39-31(35-5,36-6)25-11-3)41-42-28(24-22-20-18-16-14-10-2)30(34)40-32(37-7,38-8)26-12-4/h27-28H,9-26H2,1-8H3. The van der Waals surface area contributed by atoms with E-state index >= 15 is 0 Å². The fourth-order valence-electron chi connectivity index (χ4n) is 4.66. The molecule has 0 radical (unpaired) electrons. The highest BCUT2D eigenvalue weighted by molar-refractivity contribution is 5.75. The Bertz CT molecular complexity index is 608. The predicted octanol–water partition coefficient (Wildman–Crippen LogP) is 7.75. The summed E-state index contributed by atoms with van der Waals surface area (Å²) in [5.41, 5.74) is 0. The van der Waals surface area contributed by atoms with Crippen LogP contribution in [0.1, 0.15) is 143 Å². The van der Waals surface area contributed by atoms with Crippen LogP contribution < -0.4 is 0 Å². The molecule has 0 rings (SSSR count). The molecule has 0 fully saturated rings. The van der Waals surface area contributed by atoms with Gasteiger partial charge in [-0.1, -0.05) is 105 Å². The topological polar surface area (TPSA) is 108 Å². The first kappa shape index (κ1) is 40.7. The Morgan fingerprint density at radius 2 is 0.786 bits per heavy atom. The molecule has 0 aliphatic heterocycles. The summed E-state index contributed by atoms with van der Waals surface area (Å²) in [5.74, 6) is -4.41. The number of rotatable bonds is 29. The molecule has 0 N–H and O–H groups in total. The van der Waals surface area contributed by atoms with Crippen LogP contribution in [0.2, 0.25) is 0 Å². The molecule has 250 valence electrons. The van der Waals surface area contributed by atoms with Crippen molar-refractivity contribution in [3.63, 3.8) is 0 Å². The zero-order chi connectivity index (χ0) is 31.7. The molecule has 0 saturated carbocycles. The van der Waals surface area contributed by atoms with Crippen LogP contribution in [0, 0.1) is 0 Å². The van der Waals surface area contributed by atoms with E-state index in [0.717, 1.165) is 64.2 Å². The highest BCUT2D eigenvalue weighted by Crippen LogP contribution is 2.25. The Kier molecular flexibility index (Phi) is 24.3. The van der Waals surface area contributed by atoms with Crippen LogP contribution in [-0.4, -0.2) is 64.5 Å². The molecule has 0 bridgehead atoms. The van der Waals surface area contributed by atoms with Gasteiger partial charge in [-0.25, -0.2) is 19.4 Å². The van der Waals surface area contributed by atoms with E-state index in [0.29, 0.717) is 38.5 Å². The lowest BCUT2D eigenvalue weighted by atomic mass is 10.1. The second-order valence-electron chi connectivity index (χ2n) is 10.8. The number of hydrogen-bond acceptors (Lipinski definition) is 10. The highest BCUT2D eigenvalue weighted by atomic mass is 17.2. The minimum Gasteiger partial charge on any atom is -0.406 e. The summed E-state index contributed by atoms with van der Waals surface area (Å²) in [6, 6.07) is 0. The van der Waals surface area contributed by atoms with Crippen LogP contribution in [0.15, 0.2) is 0 Å². The summed E-state index contributed by atoms with van der Waals surface area (Å²) < 4.78 is 33.0. The van der Waals surface area contributed by atoms with Gasteiger partial charge in [0.15, 0.2) is 12.2 Å². The Morgan fingerprint density at radius 1 is 0.476 bits per heavy atom. The van der Waals surface area contributed by atoms with Crippen molar-refractivity contribution < 1.29 is 47.8 Å². The third kappa shape index (κ3) is 16.5. The normalized spacial score (nSPS) is 13.6. The van der Waals surface area contributed by atoms with Crippen molar-refractivity contribution in [3.8, 4) is 0 Å². The second-order valence-corrected chi connectivity index (χ2v) is 10.8. The largest absolute Gasteiger partial charge is 0.406 e. The van der Waals surface area contributed by atoms with Gasteiger partial charge in [0.05, 0.1) is 0 Å². The van der Waals surface area contributed by atoms with Crippen molar-refractivity contribution in [1.82, 2.24) is 0 Å². The summed E-state index contributed by atoms with van der Waals surface area (Å²) in [5, 5.41) is 0. The summed E-state index contributed by atoms with van der Waals surface area (Å²) in [7, 11) is 5.70. The van der Waals surface area contributed by atoms with E-state index in [1.54, 1.807) is 0 Å². The molecule has 0 heterocycles. The number of hydrogen-bond donors (Lipinski definition) is 0. The zero-order valence-corrected chi connectivity index (χ0v) is 28.0. The first-order chi connectivity index (χ1) is 20.3. The molecule has 0 aromatic rings. The van der Waals surface area contributed by atoms with Crippen molar-refractivity contribution in [2.24, 2.45) is 0 Å². The Morgan fingerprint density at radius 3 is 1.07 bits per heavy atom. The minimum absolute atomic E-state index is 0.344. The maximum atomic E-state index is 13.3. The van der Waals surface area contributed by atoms with Crippen molar-refractivity contribution in [3.05, 3.63) is 0 Å². The van der Waals surface area contributed by atoms with Gasteiger partial charge in [0.25, 0.3) is 0 Å². The van der Waals surface area contributed by atoms with Gasteiger partial charge in [-0.15, -0.1) is 0 Å². The Hall–Kier alpha value is -1.30. The van der Waals surface area contributed by atoms with E-state index in [4.69, 9.17) is 38.2 Å². The van der Waals surface area contributed by atoms with E-state index in [2.05, 4.69) is 13.8 Å². The lowest BCUT2D eigenvalue weighted by molar-refractivity contribution is -0.381. The number of methoxy groups -OCH3 is 4. The molecular weight excluding hydrogens is 544 g/mol. The van der Waals surface area contributed by atoms with Crippen LogP contribution in [-0.2, 0) is 47.8 Å². The molecule has 2 atom stereocenters. The summed E-state index contributed by atoms with van der Waals surface area (Å²) in [4.78, 5) is 38.0. The molecule has 0 saturated heterocycles. The molecule has 0 amide bonds. The maximum absolute atomic E-state index is 13.3. The van der Waals surface area contributed by atoms with Crippen LogP contribution in [0.4, 0.5) is 0 Å². The summed E-state index contributed by atoms with van der Waals surface area (Å²) in [6.07, 6.45) is 13.0. The molecule has 0 aliphatic carbocycles. The van der Waals surface area contributed by atoms with Gasteiger partial charge < -0.3 is 28.4 Å². The fourth-order valence-corrected chi connectivity index (χ4v) is 4.66. The predicted molar refractivity (Wildman–Crippen MR) is 161 cm³/mol. The van der Waals surface area contributed by atoms with E-state index in [-0.39, 0.29) is 0 Å². The second kappa shape index (κ2) is 25.1. The van der Waals surface area contributed by atoms with Crippen LogP contribution >= 0.6 is 0 Å². The SMILES string of the molecule is CCCCCCCCC(OOC(CCCCCCCC)C(=O)OC(CCC)(OC)OC)C(=O)OC(CCC)(OC)OC. The van der Waals surface area contributed by atoms with E-state index in [1.807, 2.05) is 13.8 Å². The third-order valence-electron chi connectivity index (χ3n) is 7.32. The van der Waals surface area contributed by atoms with Crippen molar-refractivity contribution >= 4 is 11.9 Å². The Balaban J connectivity index is 5.69. The van der Waals surface area contributed by atoms with Crippen molar-refractivity contribution in [1.29, 1.82) is 0 Å². The number of carbonyl (C=O) groups excluding carboxylic acids is 2. The molecule has 0 aromatic carbocycles. The van der Waals surface area contributed by atoms with Crippen LogP contribution in [0.5, 0.6) is 0 Å². The number of unbranched alkanes of at least 4 members (excludes halogenated alkanes) is 10. The molecule has 0 aliphatic rings. The van der Waals surface area contributed by atoms with E-state index < -0.39 is 36.1 Å². The van der Waals surface area contributed by atoms with Crippen LogP contribution in [0.25, 0.3) is 0 Å². The van der Waals surface area contributed by atoms with Gasteiger partial charge >= 0.3 is 23.9 Å².